The molecule has 2 unspecified atom stereocenters. The average molecular weight is 239 g/mol. The van der Waals surface area contributed by atoms with Crippen LogP contribution in [0.4, 0.5) is 0 Å². The largest absolute Gasteiger partial charge is 0.311 e. The van der Waals surface area contributed by atoms with Crippen LogP contribution in [-0.4, -0.2) is 60.6 Å². The predicted octanol–water partition coefficient (Wildman–Crippen LogP) is 1.54. The fourth-order valence-electron chi connectivity index (χ4n) is 3.09. The lowest BCUT2D eigenvalue weighted by Crippen LogP contribution is -2.39. The lowest BCUT2D eigenvalue weighted by Gasteiger charge is -2.21. The fourth-order valence-corrected chi connectivity index (χ4v) is 3.09. The Kier molecular flexibility index (Phi) is 4.83. The van der Waals surface area contributed by atoms with Gasteiger partial charge in [-0.1, -0.05) is 13.8 Å². The van der Waals surface area contributed by atoms with Crippen LogP contribution in [-0.2, 0) is 0 Å². The number of likely N-dealkylation sites (N-methyl/N-ethyl adjacent to an activating group) is 1. The first-order valence-electron chi connectivity index (χ1n) is 7.46. The van der Waals surface area contributed by atoms with Gasteiger partial charge in [0.2, 0.25) is 0 Å². The average Bonchev–Trinajstić information content (AvgIpc) is 3.10. The maximum atomic E-state index is 3.74. The Morgan fingerprint density at radius 1 is 1.24 bits per heavy atom. The van der Waals surface area contributed by atoms with E-state index in [0.29, 0.717) is 0 Å². The number of nitrogens with zero attached hydrogens (tertiary/aromatic N) is 2. The van der Waals surface area contributed by atoms with Gasteiger partial charge in [-0.25, -0.2) is 0 Å². The standard InChI is InChI=1S/C14H29N3/c1-4-16(5-2)9-8-15-13-10-12(3)17(11-13)14-6-7-14/h12-15H,4-11H2,1-3H3. The Balaban J connectivity index is 1.63. The van der Waals surface area contributed by atoms with E-state index in [9.17, 15) is 0 Å². The Bertz CT molecular complexity index is 224. The van der Waals surface area contributed by atoms with Gasteiger partial charge in [0.1, 0.15) is 0 Å². The smallest absolute Gasteiger partial charge is 0.0210 e. The zero-order chi connectivity index (χ0) is 12.3. The molecule has 2 atom stereocenters. The van der Waals surface area contributed by atoms with Crippen molar-refractivity contribution in [1.29, 1.82) is 0 Å². The minimum absolute atomic E-state index is 0.737. The molecule has 1 heterocycles. The third-order valence-corrected chi connectivity index (χ3v) is 4.39. The van der Waals surface area contributed by atoms with Gasteiger partial charge in [0.15, 0.2) is 0 Å². The summed E-state index contributed by atoms with van der Waals surface area (Å²) in [5.74, 6) is 0. The van der Waals surface area contributed by atoms with Gasteiger partial charge >= 0.3 is 0 Å². The topological polar surface area (TPSA) is 18.5 Å². The van der Waals surface area contributed by atoms with Gasteiger partial charge in [-0.3, -0.25) is 4.90 Å². The van der Waals surface area contributed by atoms with Gasteiger partial charge in [-0.2, -0.15) is 0 Å². The van der Waals surface area contributed by atoms with Crippen molar-refractivity contribution in [3.8, 4) is 0 Å². The zero-order valence-corrected chi connectivity index (χ0v) is 11.8. The first-order chi connectivity index (χ1) is 8.24. The van der Waals surface area contributed by atoms with Crippen molar-refractivity contribution in [2.75, 3.05) is 32.7 Å². The van der Waals surface area contributed by atoms with Crippen LogP contribution in [0, 0.1) is 0 Å². The Morgan fingerprint density at radius 3 is 2.53 bits per heavy atom. The van der Waals surface area contributed by atoms with Crippen molar-refractivity contribution < 1.29 is 0 Å². The van der Waals surface area contributed by atoms with Gasteiger partial charge in [-0.15, -0.1) is 0 Å². The highest BCUT2D eigenvalue weighted by atomic mass is 15.3. The van der Waals surface area contributed by atoms with E-state index >= 15 is 0 Å². The number of hydrogen-bond donors (Lipinski definition) is 1. The lowest BCUT2D eigenvalue weighted by atomic mass is 10.2. The molecule has 1 aliphatic heterocycles. The van der Waals surface area contributed by atoms with E-state index in [1.807, 2.05) is 0 Å². The number of rotatable bonds is 7. The monoisotopic (exact) mass is 239 g/mol. The van der Waals surface area contributed by atoms with Gasteiger partial charge < -0.3 is 10.2 Å². The van der Waals surface area contributed by atoms with Crippen molar-refractivity contribution in [2.24, 2.45) is 0 Å². The molecule has 0 aromatic rings. The second-order valence-electron chi connectivity index (χ2n) is 5.69. The molecule has 0 amide bonds. The quantitative estimate of drug-likeness (QED) is 0.727. The Labute approximate surface area is 107 Å². The maximum Gasteiger partial charge on any atom is 0.0210 e. The van der Waals surface area contributed by atoms with Crippen LogP contribution in [0.1, 0.15) is 40.0 Å². The van der Waals surface area contributed by atoms with E-state index in [0.717, 1.165) is 24.7 Å². The van der Waals surface area contributed by atoms with Crippen molar-refractivity contribution in [3.05, 3.63) is 0 Å². The van der Waals surface area contributed by atoms with E-state index in [4.69, 9.17) is 0 Å². The van der Waals surface area contributed by atoms with Crippen LogP contribution < -0.4 is 5.32 Å². The molecule has 3 heteroatoms. The fraction of sp³-hybridized carbons (Fsp3) is 1.00. The van der Waals surface area contributed by atoms with Crippen molar-refractivity contribution in [1.82, 2.24) is 15.1 Å². The zero-order valence-electron chi connectivity index (χ0n) is 11.8. The molecule has 1 saturated heterocycles. The van der Waals surface area contributed by atoms with Crippen LogP contribution in [0.5, 0.6) is 0 Å². The molecule has 100 valence electrons. The summed E-state index contributed by atoms with van der Waals surface area (Å²) in [6.45, 7) is 12.9. The highest BCUT2D eigenvalue weighted by Gasteiger charge is 2.38. The second-order valence-corrected chi connectivity index (χ2v) is 5.69. The molecule has 0 radical (unpaired) electrons. The summed E-state index contributed by atoms with van der Waals surface area (Å²) in [4.78, 5) is 5.21. The van der Waals surface area contributed by atoms with Crippen LogP contribution in [0.2, 0.25) is 0 Å². The molecular formula is C14H29N3. The highest BCUT2D eigenvalue weighted by Crippen LogP contribution is 2.33. The molecule has 0 aromatic heterocycles. The van der Waals surface area contributed by atoms with Gasteiger partial charge in [0.25, 0.3) is 0 Å². The second kappa shape index (κ2) is 6.17. The summed E-state index contributed by atoms with van der Waals surface area (Å²) in [5, 5.41) is 3.74. The first kappa shape index (κ1) is 13.3. The predicted molar refractivity (Wildman–Crippen MR) is 73.4 cm³/mol. The van der Waals surface area contributed by atoms with E-state index in [1.54, 1.807) is 0 Å². The molecule has 1 aliphatic carbocycles. The number of nitrogens with one attached hydrogen (secondary N) is 1. The molecule has 2 fully saturated rings. The highest BCUT2D eigenvalue weighted by molar-refractivity contribution is 4.95. The summed E-state index contributed by atoms with van der Waals surface area (Å²) >= 11 is 0. The molecule has 1 saturated carbocycles. The molecule has 1 N–H and O–H groups in total. The summed E-state index contributed by atoms with van der Waals surface area (Å²) in [7, 11) is 0. The molecule has 0 spiro atoms. The minimum atomic E-state index is 0.737. The molecule has 3 nitrogen and oxygen atoms in total. The molecule has 2 aliphatic rings. The van der Waals surface area contributed by atoms with Crippen LogP contribution in [0.3, 0.4) is 0 Å². The number of likely N-dealkylation sites (tertiary alicyclic amines) is 1. The van der Waals surface area contributed by atoms with Gasteiger partial charge in [0.05, 0.1) is 0 Å². The van der Waals surface area contributed by atoms with Crippen LogP contribution in [0.15, 0.2) is 0 Å². The Morgan fingerprint density at radius 2 is 1.94 bits per heavy atom. The van der Waals surface area contributed by atoms with Crippen molar-refractivity contribution in [3.63, 3.8) is 0 Å². The molecule has 0 bridgehead atoms. The minimum Gasteiger partial charge on any atom is -0.311 e. The third kappa shape index (κ3) is 3.67. The van der Waals surface area contributed by atoms with Crippen LogP contribution >= 0.6 is 0 Å². The molecule has 2 rings (SSSR count). The summed E-state index contributed by atoms with van der Waals surface area (Å²) in [6.07, 6.45) is 4.22. The first-order valence-corrected chi connectivity index (χ1v) is 7.46. The van der Waals surface area contributed by atoms with E-state index in [1.165, 1.54) is 45.4 Å². The SMILES string of the molecule is CCN(CC)CCNC1CC(C)N(C2CC2)C1. The third-order valence-electron chi connectivity index (χ3n) is 4.39. The molecular weight excluding hydrogens is 210 g/mol. The normalized spacial score (nSPS) is 30.4. The van der Waals surface area contributed by atoms with E-state index < -0.39 is 0 Å². The van der Waals surface area contributed by atoms with Crippen molar-refractivity contribution >= 4 is 0 Å². The number of hydrogen-bond acceptors (Lipinski definition) is 3. The maximum absolute atomic E-state index is 3.74. The van der Waals surface area contributed by atoms with Crippen LogP contribution in [0.25, 0.3) is 0 Å². The molecule has 0 aromatic carbocycles. The summed E-state index contributed by atoms with van der Waals surface area (Å²) in [5.41, 5.74) is 0. The molecule has 17 heavy (non-hydrogen) atoms. The Hall–Kier alpha value is -0.120. The van der Waals surface area contributed by atoms with Gasteiger partial charge in [0, 0.05) is 37.8 Å². The van der Waals surface area contributed by atoms with E-state index in [-0.39, 0.29) is 0 Å². The lowest BCUT2D eigenvalue weighted by molar-refractivity contribution is 0.253. The summed E-state index contributed by atoms with van der Waals surface area (Å²) < 4.78 is 0. The van der Waals surface area contributed by atoms with E-state index in [2.05, 4.69) is 35.9 Å². The van der Waals surface area contributed by atoms with Crippen molar-refractivity contribution in [2.45, 2.75) is 58.2 Å². The van der Waals surface area contributed by atoms with Gasteiger partial charge in [-0.05, 0) is 39.3 Å². The summed E-state index contributed by atoms with van der Waals surface area (Å²) in [6, 6.07) is 2.47.